The zero-order valence-electron chi connectivity index (χ0n) is 7.98. The molecule has 4 heteroatoms. The van der Waals surface area contributed by atoms with E-state index >= 15 is 0 Å². The maximum atomic E-state index is 12.8. The van der Waals surface area contributed by atoms with Crippen LogP contribution >= 0.6 is 15.9 Å². The fourth-order valence-corrected chi connectivity index (χ4v) is 1.00. The molecule has 0 bridgehead atoms. The molecule has 0 aliphatic rings. The molecule has 0 aromatic heterocycles. The summed E-state index contributed by atoms with van der Waals surface area (Å²) in [4.78, 5) is 0. The van der Waals surface area contributed by atoms with Crippen LogP contribution in [0.25, 0.3) is 0 Å². The van der Waals surface area contributed by atoms with Crippen LogP contribution in [0.3, 0.4) is 0 Å². The van der Waals surface area contributed by atoms with Gasteiger partial charge in [0.25, 0.3) is 0 Å². The van der Waals surface area contributed by atoms with Crippen LogP contribution in [-0.2, 0) is 0 Å². The Hall–Kier alpha value is -0.640. The molecule has 14 heavy (non-hydrogen) atoms. The average molecular weight is 265 g/mol. The molecule has 0 saturated carbocycles. The largest absolute Gasteiger partial charge is 0.487 e. The molecule has 0 fully saturated rings. The summed E-state index contributed by atoms with van der Waals surface area (Å²) in [6.07, 6.45) is 0. The third-order valence-electron chi connectivity index (χ3n) is 1.61. The molecular formula is C10H11BrF2O. The standard InChI is InChI=1S/C10H11BrF2O/c1-10(2,6-11)14-7-3-4-8(12)9(13)5-7/h3-5H,6H2,1-2H3. The SMILES string of the molecule is CC(C)(CBr)Oc1ccc(F)c(F)c1. The average Bonchev–Trinajstić information content (AvgIpc) is 2.11. The summed E-state index contributed by atoms with van der Waals surface area (Å²) in [7, 11) is 0. The molecule has 1 aromatic carbocycles. The van der Waals surface area contributed by atoms with E-state index in [4.69, 9.17) is 4.74 Å². The van der Waals surface area contributed by atoms with Gasteiger partial charge >= 0.3 is 0 Å². The topological polar surface area (TPSA) is 9.23 Å². The minimum atomic E-state index is -0.895. The van der Waals surface area contributed by atoms with Gasteiger partial charge in [-0.15, -0.1) is 0 Å². The highest BCUT2D eigenvalue weighted by Crippen LogP contribution is 2.21. The van der Waals surface area contributed by atoms with Crippen molar-refractivity contribution in [3.63, 3.8) is 0 Å². The van der Waals surface area contributed by atoms with Crippen LogP contribution in [0.4, 0.5) is 8.78 Å². The van der Waals surface area contributed by atoms with E-state index in [1.165, 1.54) is 6.07 Å². The Morgan fingerprint density at radius 3 is 2.43 bits per heavy atom. The van der Waals surface area contributed by atoms with Gasteiger partial charge in [0.2, 0.25) is 0 Å². The third kappa shape index (κ3) is 2.94. The quantitative estimate of drug-likeness (QED) is 0.760. The number of benzene rings is 1. The van der Waals surface area contributed by atoms with E-state index in [2.05, 4.69) is 15.9 Å². The molecule has 0 N–H and O–H groups in total. The van der Waals surface area contributed by atoms with Gasteiger partial charge in [-0.1, -0.05) is 15.9 Å². The number of ether oxygens (including phenoxy) is 1. The predicted molar refractivity (Wildman–Crippen MR) is 54.9 cm³/mol. The molecule has 0 radical (unpaired) electrons. The Balaban J connectivity index is 2.83. The normalized spacial score (nSPS) is 11.5. The molecule has 0 saturated heterocycles. The molecule has 0 aliphatic heterocycles. The van der Waals surface area contributed by atoms with Gasteiger partial charge in [0.05, 0.1) is 0 Å². The Morgan fingerprint density at radius 2 is 1.93 bits per heavy atom. The van der Waals surface area contributed by atoms with Crippen molar-refractivity contribution >= 4 is 15.9 Å². The molecule has 0 atom stereocenters. The first-order valence-electron chi connectivity index (χ1n) is 4.15. The smallest absolute Gasteiger partial charge is 0.162 e. The van der Waals surface area contributed by atoms with E-state index in [1.54, 1.807) is 0 Å². The molecule has 0 unspecified atom stereocenters. The highest BCUT2D eigenvalue weighted by molar-refractivity contribution is 9.09. The van der Waals surface area contributed by atoms with Crippen molar-refractivity contribution in [1.82, 2.24) is 0 Å². The second-order valence-corrected chi connectivity index (χ2v) is 4.13. The van der Waals surface area contributed by atoms with Crippen LogP contribution in [-0.4, -0.2) is 10.9 Å². The fourth-order valence-electron chi connectivity index (χ4n) is 0.887. The van der Waals surface area contributed by atoms with Crippen molar-refractivity contribution in [2.45, 2.75) is 19.4 Å². The summed E-state index contributed by atoms with van der Waals surface area (Å²) in [6.45, 7) is 3.70. The van der Waals surface area contributed by atoms with E-state index < -0.39 is 17.2 Å². The van der Waals surface area contributed by atoms with Crippen LogP contribution in [0.2, 0.25) is 0 Å². The van der Waals surface area contributed by atoms with E-state index in [0.717, 1.165) is 12.1 Å². The molecule has 1 aromatic rings. The maximum Gasteiger partial charge on any atom is 0.162 e. The molecule has 1 rings (SSSR count). The van der Waals surface area contributed by atoms with E-state index in [0.29, 0.717) is 11.1 Å². The number of hydrogen-bond donors (Lipinski definition) is 0. The molecule has 0 aliphatic carbocycles. The molecule has 0 spiro atoms. The highest BCUT2D eigenvalue weighted by Gasteiger charge is 2.18. The summed E-state index contributed by atoms with van der Waals surface area (Å²) < 4.78 is 30.8. The summed E-state index contributed by atoms with van der Waals surface area (Å²) in [5, 5.41) is 0.610. The van der Waals surface area contributed by atoms with Gasteiger partial charge in [0.15, 0.2) is 11.6 Å². The Kier molecular flexibility index (Phi) is 3.48. The van der Waals surface area contributed by atoms with E-state index in [9.17, 15) is 8.78 Å². The molecule has 1 nitrogen and oxygen atoms in total. The van der Waals surface area contributed by atoms with Gasteiger partial charge in [-0.25, -0.2) is 8.78 Å². The van der Waals surface area contributed by atoms with Crippen molar-refractivity contribution in [2.75, 3.05) is 5.33 Å². The first-order chi connectivity index (χ1) is 6.44. The Labute approximate surface area is 90.2 Å². The van der Waals surface area contributed by atoms with Gasteiger partial charge in [-0.3, -0.25) is 0 Å². The summed E-state index contributed by atoms with van der Waals surface area (Å²) in [5.74, 6) is -1.43. The first kappa shape index (κ1) is 11.4. The lowest BCUT2D eigenvalue weighted by atomic mass is 10.2. The van der Waals surface area contributed by atoms with E-state index in [1.807, 2.05) is 13.8 Å². The maximum absolute atomic E-state index is 12.8. The lowest BCUT2D eigenvalue weighted by molar-refractivity contribution is 0.136. The highest BCUT2D eigenvalue weighted by atomic mass is 79.9. The minimum Gasteiger partial charge on any atom is -0.487 e. The summed E-state index contributed by atoms with van der Waals surface area (Å²) >= 11 is 3.27. The van der Waals surface area contributed by atoms with Gasteiger partial charge in [-0.05, 0) is 26.0 Å². The van der Waals surface area contributed by atoms with Crippen LogP contribution in [0.1, 0.15) is 13.8 Å². The molecular weight excluding hydrogens is 254 g/mol. The number of rotatable bonds is 3. The number of alkyl halides is 1. The minimum absolute atomic E-state index is 0.327. The molecule has 78 valence electrons. The predicted octanol–water partition coefficient (Wildman–Crippen LogP) is 3.52. The van der Waals surface area contributed by atoms with Crippen LogP contribution in [0.15, 0.2) is 18.2 Å². The van der Waals surface area contributed by atoms with Gasteiger partial charge in [0, 0.05) is 11.4 Å². The number of halogens is 3. The molecule has 0 heterocycles. The van der Waals surface area contributed by atoms with Crippen molar-refractivity contribution in [1.29, 1.82) is 0 Å². The third-order valence-corrected chi connectivity index (χ3v) is 2.96. The second-order valence-electron chi connectivity index (χ2n) is 3.57. The first-order valence-corrected chi connectivity index (χ1v) is 5.27. The van der Waals surface area contributed by atoms with Gasteiger partial charge in [0.1, 0.15) is 11.4 Å². The second kappa shape index (κ2) is 4.26. The Bertz CT molecular complexity index is 326. The monoisotopic (exact) mass is 264 g/mol. The Morgan fingerprint density at radius 1 is 1.29 bits per heavy atom. The molecule has 0 amide bonds. The van der Waals surface area contributed by atoms with Crippen molar-refractivity contribution < 1.29 is 13.5 Å². The summed E-state index contributed by atoms with van der Waals surface area (Å²) in [5.41, 5.74) is -0.440. The van der Waals surface area contributed by atoms with Crippen molar-refractivity contribution in [3.8, 4) is 5.75 Å². The summed E-state index contributed by atoms with van der Waals surface area (Å²) in [6, 6.07) is 3.50. The fraction of sp³-hybridized carbons (Fsp3) is 0.400. The van der Waals surface area contributed by atoms with Crippen molar-refractivity contribution in [3.05, 3.63) is 29.8 Å². The van der Waals surface area contributed by atoms with Crippen LogP contribution in [0.5, 0.6) is 5.75 Å². The van der Waals surface area contributed by atoms with Gasteiger partial charge < -0.3 is 4.74 Å². The van der Waals surface area contributed by atoms with Crippen LogP contribution in [0, 0.1) is 11.6 Å². The van der Waals surface area contributed by atoms with E-state index in [-0.39, 0.29) is 0 Å². The zero-order valence-corrected chi connectivity index (χ0v) is 9.57. The van der Waals surface area contributed by atoms with Crippen molar-refractivity contribution in [2.24, 2.45) is 0 Å². The van der Waals surface area contributed by atoms with Gasteiger partial charge in [-0.2, -0.15) is 0 Å². The number of hydrogen-bond acceptors (Lipinski definition) is 1. The zero-order chi connectivity index (χ0) is 10.8. The van der Waals surface area contributed by atoms with Crippen LogP contribution < -0.4 is 4.74 Å². The lowest BCUT2D eigenvalue weighted by Gasteiger charge is -2.23. The lowest BCUT2D eigenvalue weighted by Crippen LogP contribution is -2.29.